The Morgan fingerprint density at radius 2 is 1.67 bits per heavy atom. The number of aromatic nitrogens is 1. The van der Waals surface area contributed by atoms with Gasteiger partial charge in [0.15, 0.2) is 4.80 Å². The van der Waals surface area contributed by atoms with Crippen molar-refractivity contribution in [2.24, 2.45) is 10.1 Å². The van der Waals surface area contributed by atoms with E-state index in [0.29, 0.717) is 23.3 Å². The topological polar surface area (TPSA) is 158 Å². The van der Waals surface area contributed by atoms with Gasteiger partial charge in [-0.2, -0.15) is 9.30 Å². The standard InChI is InChI=1S/C22H24N4O7S3/c1-2-33-20(27)14-26-18-10-9-17(35(23,29)30)13-19(18)34-22(26)24-21(28)15-5-7-16(8-6-15)36(31,32)25-11-3-4-12-25/h5-10,13H,2-4,11-12,14H2,1H3,(H2,23,29,30). The van der Waals surface area contributed by atoms with Crippen LogP contribution in [-0.4, -0.2) is 57.3 Å². The molecule has 0 saturated carbocycles. The molecule has 0 bridgehead atoms. The van der Waals surface area contributed by atoms with Gasteiger partial charge in [-0.25, -0.2) is 22.0 Å². The molecular weight excluding hydrogens is 528 g/mol. The molecule has 0 radical (unpaired) electrons. The van der Waals surface area contributed by atoms with Gasteiger partial charge < -0.3 is 9.30 Å². The minimum absolute atomic E-state index is 0.0933. The highest BCUT2D eigenvalue weighted by Crippen LogP contribution is 2.23. The van der Waals surface area contributed by atoms with E-state index in [9.17, 15) is 26.4 Å². The Bertz CT molecular complexity index is 1600. The van der Waals surface area contributed by atoms with E-state index in [1.165, 1.54) is 51.3 Å². The van der Waals surface area contributed by atoms with Crippen LogP contribution in [0, 0.1) is 0 Å². The molecule has 11 nitrogen and oxygen atoms in total. The summed E-state index contributed by atoms with van der Waals surface area (Å²) >= 11 is 1.01. The Kier molecular flexibility index (Phi) is 7.43. The maximum Gasteiger partial charge on any atom is 0.326 e. The Hall–Kier alpha value is -2.91. The van der Waals surface area contributed by atoms with Crippen LogP contribution in [0.4, 0.5) is 0 Å². The van der Waals surface area contributed by atoms with Crippen LogP contribution in [0.3, 0.4) is 0 Å². The van der Waals surface area contributed by atoms with Gasteiger partial charge in [0.05, 0.1) is 26.6 Å². The third kappa shape index (κ3) is 5.42. The largest absolute Gasteiger partial charge is 0.465 e. The number of benzene rings is 2. The zero-order chi connectivity index (χ0) is 26.1. The van der Waals surface area contributed by atoms with Gasteiger partial charge in [0.1, 0.15) is 6.54 Å². The van der Waals surface area contributed by atoms with Crippen LogP contribution >= 0.6 is 11.3 Å². The number of thiazole rings is 1. The maximum absolute atomic E-state index is 12.9. The van der Waals surface area contributed by atoms with Crippen molar-refractivity contribution >= 4 is 53.5 Å². The van der Waals surface area contributed by atoms with Crippen LogP contribution in [-0.2, 0) is 36.1 Å². The first-order valence-corrected chi connectivity index (χ1v) is 14.8. The molecular formula is C22H24N4O7S3. The van der Waals surface area contributed by atoms with Gasteiger partial charge >= 0.3 is 5.97 Å². The quantitative estimate of drug-likeness (QED) is 0.434. The smallest absolute Gasteiger partial charge is 0.326 e. The van der Waals surface area contributed by atoms with Crippen molar-refractivity contribution in [2.75, 3.05) is 19.7 Å². The van der Waals surface area contributed by atoms with Gasteiger partial charge in [-0.1, -0.05) is 11.3 Å². The predicted octanol–water partition coefficient (Wildman–Crippen LogP) is 1.44. The summed E-state index contributed by atoms with van der Waals surface area (Å²) in [5.41, 5.74) is 0.625. The van der Waals surface area contributed by atoms with Gasteiger partial charge in [-0.15, -0.1) is 0 Å². The molecule has 2 aromatic carbocycles. The van der Waals surface area contributed by atoms with Gasteiger partial charge in [0.2, 0.25) is 20.0 Å². The molecule has 1 amide bonds. The van der Waals surface area contributed by atoms with Gasteiger partial charge in [-0.05, 0) is 62.2 Å². The lowest BCUT2D eigenvalue weighted by atomic mass is 10.2. The van der Waals surface area contributed by atoms with Gasteiger partial charge in [0, 0.05) is 18.7 Å². The highest BCUT2D eigenvalue weighted by atomic mass is 32.2. The first-order valence-electron chi connectivity index (χ1n) is 11.0. The average Bonchev–Trinajstić information content (AvgIpc) is 3.48. The fourth-order valence-electron chi connectivity index (χ4n) is 3.80. The number of nitrogens with zero attached hydrogens (tertiary/aromatic N) is 3. The molecule has 1 fully saturated rings. The fourth-order valence-corrected chi connectivity index (χ4v) is 7.00. The summed E-state index contributed by atoms with van der Waals surface area (Å²) in [4.78, 5) is 29.4. The first kappa shape index (κ1) is 26.2. The van der Waals surface area contributed by atoms with E-state index in [4.69, 9.17) is 9.88 Å². The number of primary sulfonamides is 1. The monoisotopic (exact) mass is 552 g/mol. The zero-order valence-electron chi connectivity index (χ0n) is 19.3. The van der Waals surface area contributed by atoms with Crippen molar-refractivity contribution in [1.29, 1.82) is 0 Å². The molecule has 1 aromatic heterocycles. The summed E-state index contributed by atoms with van der Waals surface area (Å²) in [6, 6.07) is 9.63. The lowest BCUT2D eigenvalue weighted by Gasteiger charge is -2.15. The predicted molar refractivity (Wildman–Crippen MR) is 132 cm³/mol. The number of rotatable bonds is 7. The fraction of sp³-hybridized carbons (Fsp3) is 0.318. The molecule has 2 heterocycles. The number of sulfonamides is 2. The Balaban J connectivity index is 1.72. The molecule has 36 heavy (non-hydrogen) atoms. The summed E-state index contributed by atoms with van der Waals surface area (Å²) < 4.78 is 57.3. The van der Waals surface area contributed by atoms with Crippen molar-refractivity contribution in [3.63, 3.8) is 0 Å². The van der Waals surface area contributed by atoms with E-state index in [1.54, 1.807) is 6.92 Å². The first-order chi connectivity index (χ1) is 17.0. The van der Waals surface area contributed by atoms with E-state index in [2.05, 4.69) is 4.99 Å². The molecule has 3 aromatic rings. The van der Waals surface area contributed by atoms with Crippen molar-refractivity contribution in [1.82, 2.24) is 8.87 Å². The second-order valence-corrected chi connectivity index (χ2v) is 12.5. The Morgan fingerprint density at radius 3 is 2.28 bits per heavy atom. The second kappa shape index (κ2) is 10.2. The van der Waals surface area contributed by atoms with Crippen LogP contribution in [0.25, 0.3) is 10.2 Å². The third-order valence-corrected chi connectivity index (χ3v) is 9.44. The summed E-state index contributed by atoms with van der Waals surface area (Å²) in [5.74, 6) is -1.21. The average molecular weight is 553 g/mol. The Labute approximate surface area is 211 Å². The summed E-state index contributed by atoms with van der Waals surface area (Å²) in [5, 5.41) is 5.22. The molecule has 1 aliphatic heterocycles. The van der Waals surface area contributed by atoms with Crippen LogP contribution in [0.1, 0.15) is 30.1 Å². The lowest BCUT2D eigenvalue weighted by molar-refractivity contribution is -0.143. The third-order valence-electron chi connectivity index (χ3n) is 5.58. The summed E-state index contributed by atoms with van der Waals surface area (Å²) in [6.07, 6.45) is 1.63. The van der Waals surface area contributed by atoms with E-state index in [1.807, 2.05) is 0 Å². The number of hydrogen-bond acceptors (Lipinski definition) is 8. The molecule has 1 aliphatic rings. The number of esters is 1. The maximum atomic E-state index is 12.9. The second-order valence-electron chi connectivity index (χ2n) is 8.00. The highest BCUT2D eigenvalue weighted by Gasteiger charge is 2.27. The number of fused-ring (bicyclic) bond motifs is 1. The number of hydrogen-bond donors (Lipinski definition) is 1. The minimum atomic E-state index is -3.96. The summed E-state index contributed by atoms with van der Waals surface area (Å²) in [7, 11) is -7.58. The number of amides is 1. The highest BCUT2D eigenvalue weighted by molar-refractivity contribution is 7.89. The van der Waals surface area contributed by atoms with E-state index in [-0.39, 0.29) is 33.3 Å². The molecule has 192 valence electrons. The van der Waals surface area contributed by atoms with Gasteiger partial charge in [0.25, 0.3) is 5.91 Å². The minimum Gasteiger partial charge on any atom is -0.465 e. The van der Waals surface area contributed by atoms with Crippen LogP contribution in [0.15, 0.2) is 57.2 Å². The van der Waals surface area contributed by atoms with E-state index >= 15 is 0 Å². The van der Waals surface area contributed by atoms with Crippen molar-refractivity contribution in [3.05, 3.63) is 52.8 Å². The van der Waals surface area contributed by atoms with E-state index < -0.39 is 31.9 Å². The Morgan fingerprint density at radius 1 is 1.03 bits per heavy atom. The lowest BCUT2D eigenvalue weighted by Crippen LogP contribution is -2.27. The van der Waals surface area contributed by atoms with Crippen molar-refractivity contribution in [2.45, 2.75) is 36.1 Å². The van der Waals surface area contributed by atoms with Crippen LogP contribution in [0.2, 0.25) is 0 Å². The SMILES string of the molecule is CCOC(=O)Cn1c(=NC(=O)c2ccc(S(=O)(=O)N3CCCC3)cc2)sc2cc(S(N)(=O)=O)ccc21. The van der Waals surface area contributed by atoms with Gasteiger partial charge in [-0.3, -0.25) is 9.59 Å². The molecule has 0 atom stereocenters. The van der Waals surface area contributed by atoms with E-state index in [0.717, 1.165) is 24.2 Å². The summed E-state index contributed by atoms with van der Waals surface area (Å²) in [6.45, 7) is 2.52. The molecule has 0 aliphatic carbocycles. The molecule has 0 unspecified atom stereocenters. The number of carbonyl (C=O) groups is 2. The normalized spacial score (nSPS) is 15.4. The van der Waals surface area contributed by atoms with Crippen molar-refractivity contribution < 1.29 is 31.2 Å². The number of ether oxygens (including phenoxy) is 1. The molecule has 4 rings (SSSR count). The van der Waals surface area contributed by atoms with Crippen LogP contribution in [0.5, 0.6) is 0 Å². The molecule has 2 N–H and O–H groups in total. The molecule has 0 spiro atoms. The molecule has 1 saturated heterocycles. The zero-order valence-corrected chi connectivity index (χ0v) is 21.7. The van der Waals surface area contributed by atoms with Crippen molar-refractivity contribution in [3.8, 4) is 0 Å². The number of nitrogens with two attached hydrogens (primary N) is 1. The number of carbonyl (C=O) groups excluding carboxylic acids is 2. The molecule has 14 heteroatoms. The van der Waals surface area contributed by atoms with Crippen LogP contribution < -0.4 is 9.94 Å².